The van der Waals surface area contributed by atoms with Gasteiger partial charge < -0.3 is 9.80 Å². The number of carbonyl (C=O) groups excluding carboxylic acids is 2. The van der Waals surface area contributed by atoms with E-state index in [0.29, 0.717) is 37.3 Å². The lowest BCUT2D eigenvalue weighted by atomic mass is 10.1. The van der Waals surface area contributed by atoms with E-state index in [4.69, 9.17) is 11.6 Å². The molecular weight excluding hydrogens is 343 g/mol. The number of benzene rings is 2. The summed E-state index contributed by atoms with van der Waals surface area (Å²) in [7, 11) is 0. The summed E-state index contributed by atoms with van der Waals surface area (Å²) in [5, 5.41) is -0.0703. The molecule has 2 aromatic carbocycles. The zero-order valence-corrected chi connectivity index (χ0v) is 14.6. The minimum absolute atomic E-state index is 0.0306. The summed E-state index contributed by atoms with van der Waals surface area (Å²) in [5.74, 6) is -0.784. The maximum atomic E-state index is 13.2. The Labute approximate surface area is 150 Å². The lowest BCUT2D eigenvalue weighted by molar-refractivity contribution is 0.0535. The Morgan fingerprint density at radius 2 is 1.36 bits per heavy atom. The third-order valence-electron chi connectivity index (χ3n) is 4.32. The SMILES string of the molecule is Cc1ccc(C(=O)N2CCN(C(=O)c3ccc(F)c(Cl)c3)CC2)cc1. The molecule has 0 bridgehead atoms. The highest BCUT2D eigenvalue weighted by Crippen LogP contribution is 2.18. The van der Waals surface area contributed by atoms with Crippen molar-refractivity contribution in [1.29, 1.82) is 0 Å². The number of hydrogen-bond donors (Lipinski definition) is 0. The molecule has 0 spiro atoms. The minimum atomic E-state index is -0.549. The van der Waals surface area contributed by atoms with Crippen molar-refractivity contribution in [2.45, 2.75) is 6.92 Å². The van der Waals surface area contributed by atoms with Gasteiger partial charge in [0, 0.05) is 37.3 Å². The van der Waals surface area contributed by atoms with E-state index in [1.165, 1.54) is 18.2 Å². The fraction of sp³-hybridized carbons (Fsp3) is 0.263. The van der Waals surface area contributed by atoms with Crippen LogP contribution in [-0.2, 0) is 0 Å². The Morgan fingerprint density at radius 3 is 1.88 bits per heavy atom. The second-order valence-electron chi connectivity index (χ2n) is 6.08. The fourth-order valence-corrected chi connectivity index (χ4v) is 2.98. The molecule has 130 valence electrons. The van der Waals surface area contributed by atoms with Crippen LogP contribution in [0.25, 0.3) is 0 Å². The van der Waals surface area contributed by atoms with E-state index in [2.05, 4.69) is 0 Å². The van der Waals surface area contributed by atoms with Crippen molar-refractivity contribution >= 4 is 23.4 Å². The molecule has 1 aliphatic rings. The number of nitrogens with zero attached hydrogens (tertiary/aromatic N) is 2. The normalized spacial score (nSPS) is 14.5. The predicted octanol–water partition coefficient (Wildman–Crippen LogP) is 3.39. The molecule has 0 atom stereocenters. The topological polar surface area (TPSA) is 40.6 Å². The van der Waals surface area contributed by atoms with Crippen molar-refractivity contribution in [3.05, 3.63) is 70.0 Å². The van der Waals surface area contributed by atoms with Gasteiger partial charge in [0.2, 0.25) is 0 Å². The second-order valence-corrected chi connectivity index (χ2v) is 6.49. The molecule has 1 aliphatic heterocycles. The molecule has 1 heterocycles. The summed E-state index contributed by atoms with van der Waals surface area (Å²) in [6.07, 6.45) is 0. The van der Waals surface area contributed by atoms with Gasteiger partial charge in [-0.15, -0.1) is 0 Å². The summed E-state index contributed by atoms with van der Waals surface area (Å²) in [4.78, 5) is 28.4. The molecule has 25 heavy (non-hydrogen) atoms. The molecular formula is C19H18ClFN2O2. The summed E-state index contributed by atoms with van der Waals surface area (Å²) in [6.45, 7) is 3.78. The molecule has 0 unspecified atom stereocenters. The van der Waals surface area contributed by atoms with E-state index in [1.807, 2.05) is 31.2 Å². The van der Waals surface area contributed by atoms with E-state index in [1.54, 1.807) is 9.80 Å². The highest BCUT2D eigenvalue weighted by Gasteiger charge is 2.25. The predicted molar refractivity (Wildman–Crippen MR) is 94.4 cm³/mol. The minimum Gasteiger partial charge on any atom is -0.335 e. The number of halogens is 2. The lowest BCUT2D eigenvalue weighted by Crippen LogP contribution is -2.50. The van der Waals surface area contributed by atoms with Crippen molar-refractivity contribution in [2.75, 3.05) is 26.2 Å². The van der Waals surface area contributed by atoms with Gasteiger partial charge in [-0.05, 0) is 37.3 Å². The van der Waals surface area contributed by atoms with Crippen molar-refractivity contribution in [1.82, 2.24) is 9.80 Å². The van der Waals surface area contributed by atoms with Gasteiger partial charge in [0.1, 0.15) is 5.82 Å². The van der Waals surface area contributed by atoms with Gasteiger partial charge in [0.05, 0.1) is 5.02 Å². The highest BCUT2D eigenvalue weighted by molar-refractivity contribution is 6.31. The zero-order chi connectivity index (χ0) is 18.0. The zero-order valence-electron chi connectivity index (χ0n) is 13.8. The molecule has 0 N–H and O–H groups in total. The number of rotatable bonds is 2. The fourth-order valence-electron chi connectivity index (χ4n) is 2.80. The highest BCUT2D eigenvalue weighted by atomic mass is 35.5. The van der Waals surface area contributed by atoms with Crippen LogP contribution in [0, 0.1) is 12.7 Å². The number of aryl methyl sites for hydroxylation is 1. The Bertz CT molecular complexity index is 800. The maximum absolute atomic E-state index is 13.2. The van der Waals surface area contributed by atoms with Crippen molar-refractivity contribution < 1.29 is 14.0 Å². The van der Waals surface area contributed by atoms with E-state index in [0.717, 1.165) is 5.56 Å². The van der Waals surface area contributed by atoms with Crippen LogP contribution in [0.4, 0.5) is 4.39 Å². The number of amides is 2. The largest absolute Gasteiger partial charge is 0.335 e. The average molecular weight is 361 g/mol. The Kier molecular flexibility index (Phi) is 5.04. The molecule has 4 nitrogen and oxygen atoms in total. The maximum Gasteiger partial charge on any atom is 0.254 e. The Hall–Kier alpha value is -2.40. The van der Waals surface area contributed by atoms with Crippen molar-refractivity contribution in [2.24, 2.45) is 0 Å². The number of hydrogen-bond acceptors (Lipinski definition) is 2. The van der Waals surface area contributed by atoms with Crippen LogP contribution in [0.1, 0.15) is 26.3 Å². The molecule has 1 fully saturated rings. The van der Waals surface area contributed by atoms with Crippen LogP contribution in [0.5, 0.6) is 0 Å². The molecule has 0 aliphatic carbocycles. The van der Waals surface area contributed by atoms with Crippen LogP contribution in [0.15, 0.2) is 42.5 Å². The monoisotopic (exact) mass is 360 g/mol. The lowest BCUT2D eigenvalue weighted by Gasteiger charge is -2.35. The molecule has 0 radical (unpaired) electrons. The quantitative estimate of drug-likeness (QED) is 0.823. The van der Waals surface area contributed by atoms with E-state index in [-0.39, 0.29) is 16.8 Å². The molecule has 0 aromatic heterocycles. The molecule has 6 heteroatoms. The van der Waals surface area contributed by atoms with Gasteiger partial charge in [-0.3, -0.25) is 9.59 Å². The van der Waals surface area contributed by atoms with Crippen molar-refractivity contribution in [3.63, 3.8) is 0 Å². The third-order valence-corrected chi connectivity index (χ3v) is 4.61. The first-order valence-corrected chi connectivity index (χ1v) is 8.44. The number of carbonyl (C=O) groups is 2. The van der Waals surface area contributed by atoms with Crippen LogP contribution in [0.2, 0.25) is 5.02 Å². The van der Waals surface area contributed by atoms with Crippen LogP contribution in [0.3, 0.4) is 0 Å². The summed E-state index contributed by atoms with van der Waals surface area (Å²) < 4.78 is 13.2. The molecule has 3 rings (SSSR count). The molecule has 2 amide bonds. The van der Waals surface area contributed by atoms with Gasteiger partial charge in [-0.25, -0.2) is 4.39 Å². The van der Waals surface area contributed by atoms with Crippen LogP contribution in [-0.4, -0.2) is 47.8 Å². The first-order valence-electron chi connectivity index (χ1n) is 8.06. The molecule has 0 saturated carbocycles. The van der Waals surface area contributed by atoms with Crippen LogP contribution < -0.4 is 0 Å². The average Bonchev–Trinajstić information content (AvgIpc) is 2.63. The molecule has 2 aromatic rings. The second kappa shape index (κ2) is 7.23. The first kappa shape index (κ1) is 17.4. The number of piperazine rings is 1. The first-order chi connectivity index (χ1) is 12.0. The standard InChI is InChI=1S/C19H18ClFN2O2/c1-13-2-4-14(5-3-13)18(24)22-8-10-23(11-9-22)19(25)15-6-7-17(21)16(20)12-15/h2-7,12H,8-11H2,1H3. The van der Waals surface area contributed by atoms with E-state index >= 15 is 0 Å². The van der Waals surface area contributed by atoms with Gasteiger partial charge in [0.15, 0.2) is 0 Å². The van der Waals surface area contributed by atoms with E-state index in [9.17, 15) is 14.0 Å². The third kappa shape index (κ3) is 3.82. The summed E-state index contributed by atoms with van der Waals surface area (Å²) >= 11 is 5.74. The van der Waals surface area contributed by atoms with Gasteiger partial charge >= 0.3 is 0 Å². The summed E-state index contributed by atoms with van der Waals surface area (Å²) in [6, 6.07) is 11.4. The summed E-state index contributed by atoms with van der Waals surface area (Å²) in [5.41, 5.74) is 2.10. The Balaban J connectivity index is 1.63. The van der Waals surface area contributed by atoms with Crippen molar-refractivity contribution in [3.8, 4) is 0 Å². The van der Waals surface area contributed by atoms with Crippen LogP contribution >= 0.6 is 11.6 Å². The van der Waals surface area contributed by atoms with Gasteiger partial charge in [-0.2, -0.15) is 0 Å². The van der Waals surface area contributed by atoms with E-state index < -0.39 is 5.82 Å². The van der Waals surface area contributed by atoms with Gasteiger partial charge in [-0.1, -0.05) is 29.3 Å². The van der Waals surface area contributed by atoms with Gasteiger partial charge in [0.25, 0.3) is 11.8 Å². The smallest absolute Gasteiger partial charge is 0.254 e. The molecule has 1 saturated heterocycles. The Morgan fingerprint density at radius 1 is 0.880 bits per heavy atom.